The van der Waals surface area contributed by atoms with Crippen molar-refractivity contribution in [1.82, 2.24) is 10.2 Å². The van der Waals surface area contributed by atoms with Gasteiger partial charge in [-0.05, 0) is 0 Å². The predicted octanol–water partition coefficient (Wildman–Crippen LogP) is 0.428. The first-order valence-corrected chi connectivity index (χ1v) is 4.76. The number of aromatic nitrogens is 2. The van der Waals surface area contributed by atoms with E-state index in [-0.39, 0.29) is 11.1 Å². The number of carbonyl (C=O) groups is 1. The zero-order chi connectivity index (χ0) is 11.8. The van der Waals surface area contributed by atoms with Crippen molar-refractivity contribution in [3.05, 3.63) is 17.5 Å². The fourth-order valence-electron chi connectivity index (χ4n) is 0.783. The molecule has 0 aromatic carbocycles. The van der Waals surface area contributed by atoms with Gasteiger partial charge in [0.1, 0.15) is 0 Å². The van der Waals surface area contributed by atoms with Crippen LogP contribution in [0.4, 0.5) is 0 Å². The molecule has 0 spiro atoms. The van der Waals surface area contributed by atoms with E-state index >= 15 is 0 Å². The summed E-state index contributed by atoms with van der Waals surface area (Å²) in [6, 6.07) is 1.44. The quantitative estimate of drug-likeness (QED) is 0.572. The third kappa shape index (κ3) is 4.14. The Morgan fingerprint density at radius 2 is 2.20 bits per heavy atom. The molecule has 0 saturated heterocycles. The van der Waals surface area contributed by atoms with Crippen LogP contribution in [0, 0.1) is 0 Å². The third-order valence-corrected chi connectivity index (χ3v) is 1.37. The molecular formula is C9H13B2N2O2. The fourth-order valence-corrected chi connectivity index (χ4v) is 0.783. The molecule has 0 amide bonds. The van der Waals surface area contributed by atoms with Crippen LogP contribution in [0.3, 0.4) is 0 Å². The third-order valence-electron chi connectivity index (χ3n) is 1.37. The van der Waals surface area contributed by atoms with E-state index in [2.05, 4.69) is 10.2 Å². The average molecular weight is 203 g/mol. The van der Waals surface area contributed by atoms with Crippen molar-refractivity contribution < 1.29 is 9.53 Å². The van der Waals surface area contributed by atoms with Gasteiger partial charge in [0, 0.05) is 0 Å². The Bertz CT molecular complexity index is 337. The normalized spacial score (nSPS) is 8.67. The molecule has 0 fully saturated rings. The van der Waals surface area contributed by atoms with Gasteiger partial charge < -0.3 is 0 Å². The number of nitrogens with zero attached hydrogens (tertiary/aromatic N) is 1. The van der Waals surface area contributed by atoms with E-state index in [0.717, 1.165) is 0 Å². The Labute approximate surface area is 91.9 Å². The Morgan fingerprint density at radius 3 is 2.60 bits per heavy atom. The summed E-state index contributed by atoms with van der Waals surface area (Å²) >= 11 is 0. The molecule has 0 atom stereocenters. The minimum atomic E-state index is -0.470. The molecule has 0 aliphatic carbocycles. The molecule has 0 aliphatic heterocycles. The topological polar surface area (TPSA) is 55.0 Å². The second kappa shape index (κ2) is 7.04. The fraction of sp³-hybridized carbons (Fsp3) is 0.444. The van der Waals surface area contributed by atoms with Crippen LogP contribution >= 0.6 is 0 Å². The predicted molar refractivity (Wildman–Crippen MR) is 61.5 cm³/mol. The van der Waals surface area contributed by atoms with Gasteiger partial charge in [-0.15, -0.1) is 0 Å². The maximum atomic E-state index is 11.1. The number of rotatable bonds is 3. The van der Waals surface area contributed by atoms with Gasteiger partial charge in [0.15, 0.2) is 0 Å². The molecule has 1 N–H and O–H groups in total. The Kier molecular flexibility index (Phi) is 6.42. The molecule has 3 radical (unpaired) electrons. The van der Waals surface area contributed by atoms with E-state index in [0.29, 0.717) is 12.3 Å². The number of aromatic amines is 1. The molecule has 1 rings (SSSR count). The Balaban J connectivity index is 0.000000921. The van der Waals surface area contributed by atoms with E-state index in [9.17, 15) is 4.79 Å². The van der Waals surface area contributed by atoms with Gasteiger partial charge in [0.2, 0.25) is 0 Å². The van der Waals surface area contributed by atoms with Crippen molar-refractivity contribution in [3.8, 4) is 0 Å². The first kappa shape index (κ1) is 13.7. The number of nitrogens with one attached hydrogen (secondary N) is 1. The SMILES string of the molecule is CC.[B]C(=[B])c1cc(C(=O)OCC)[nH]n1. The second-order valence-corrected chi connectivity index (χ2v) is 2.34. The summed E-state index contributed by atoms with van der Waals surface area (Å²) in [6.07, 6.45) is 0. The van der Waals surface area contributed by atoms with Gasteiger partial charge in [-0.2, -0.15) is 0 Å². The molecule has 1 heterocycles. The molecule has 77 valence electrons. The summed E-state index contributed by atoms with van der Waals surface area (Å²) in [7, 11) is 10.5. The van der Waals surface area contributed by atoms with Crippen molar-refractivity contribution >= 4 is 26.7 Å². The minimum absolute atomic E-state index is 0.0619. The monoisotopic (exact) mass is 203 g/mol. The number of H-pyrrole nitrogens is 1. The number of ether oxygens (including phenoxy) is 1. The van der Waals surface area contributed by atoms with Crippen LogP contribution in [-0.2, 0) is 4.74 Å². The van der Waals surface area contributed by atoms with Crippen LogP contribution < -0.4 is 0 Å². The summed E-state index contributed by atoms with van der Waals surface area (Å²) in [5, 5.41) is 6.23. The van der Waals surface area contributed by atoms with E-state index in [1.54, 1.807) is 6.92 Å². The average Bonchev–Trinajstić information content (AvgIpc) is 2.70. The molecule has 1 aromatic heterocycles. The molecule has 0 saturated carbocycles. The molecule has 0 unspecified atom stereocenters. The summed E-state index contributed by atoms with van der Waals surface area (Å²) < 4.78 is 4.72. The van der Waals surface area contributed by atoms with Crippen molar-refractivity contribution in [3.63, 3.8) is 0 Å². The van der Waals surface area contributed by atoms with E-state index < -0.39 is 5.97 Å². The zero-order valence-electron chi connectivity index (χ0n) is 9.20. The van der Waals surface area contributed by atoms with Crippen LogP contribution in [0.2, 0.25) is 0 Å². The standard InChI is InChI=1S/C7H7B2N2O2.C2H6/c1-2-13-7(12)5-3-4(6(8)9)10-11-5;1-2/h3H,2H2,1H3,(H,10,11);1-2H3. The van der Waals surface area contributed by atoms with Gasteiger partial charge in [-0.25, -0.2) is 0 Å². The number of hydrogen-bond donors (Lipinski definition) is 1. The second-order valence-electron chi connectivity index (χ2n) is 2.34. The van der Waals surface area contributed by atoms with Crippen molar-refractivity contribution in [1.29, 1.82) is 0 Å². The van der Waals surface area contributed by atoms with E-state index in [4.69, 9.17) is 20.1 Å². The molecule has 15 heavy (non-hydrogen) atoms. The van der Waals surface area contributed by atoms with Gasteiger partial charge in [0.05, 0.1) is 0 Å². The van der Waals surface area contributed by atoms with Gasteiger partial charge in [0.25, 0.3) is 0 Å². The summed E-state index contributed by atoms with van der Waals surface area (Å²) in [5.41, 5.74) is 0.591. The summed E-state index contributed by atoms with van der Waals surface area (Å²) in [5.74, 6) is -0.470. The van der Waals surface area contributed by atoms with Gasteiger partial charge in [-0.1, -0.05) is 13.8 Å². The Morgan fingerprint density at radius 1 is 1.60 bits per heavy atom. The van der Waals surface area contributed by atoms with Crippen LogP contribution in [-0.4, -0.2) is 43.5 Å². The van der Waals surface area contributed by atoms with Crippen LogP contribution in [0.15, 0.2) is 6.07 Å². The molecule has 0 aliphatic rings. The van der Waals surface area contributed by atoms with Gasteiger partial charge in [-0.3, -0.25) is 0 Å². The summed E-state index contributed by atoms with van der Waals surface area (Å²) in [4.78, 5) is 11.1. The van der Waals surface area contributed by atoms with Gasteiger partial charge >= 0.3 is 77.4 Å². The van der Waals surface area contributed by atoms with Crippen molar-refractivity contribution in [2.75, 3.05) is 6.61 Å². The van der Waals surface area contributed by atoms with E-state index in [1.807, 2.05) is 13.8 Å². The molecule has 6 heteroatoms. The molecule has 1 aromatic rings. The zero-order valence-corrected chi connectivity index (χ0v) is 9.20. The number of hydrogen-bond acceptors (Lipinski definition) is 3. The van der Waals surface area contributed by atoms with Crippen molar-refractivity contribution in [2.24, 2.45) is 0 Å². The van der Waals surface area contributed by atoms with E-state index in [1.165, 1.54) is 6.07 Å². The number of carbonyl (C=O) groups excluding carboxylic acids is 1. The maximum absolute atomic E-state index is 11.1. The first-order chi connectivity index (χ1) is 7.15. The molecule has 0 bridgehead atoms. The summed E-state index contributed by atoms with van der Waals surface area (Å²) in [6.45, 7) is 6.04. The van der Waals surface area contributed by atoms with Crippen molar-refractivity contribution in [2.45, 2.75) is 20.8 Å². The van der Waals surface area contributed by atoms with Crippen LogP contribution in [0.25, 0.3) is 0 Å². The van der Waals surface area contributed by atoms with Crippen LogP contribution in [0.1, 0.15) is 37.0 Å². The van der Waals surface area contributed by atoms with Crippen LogP contribution in [0.5, 0.6) is 0 Å². The molecule has 4 nitrogen and oxygen atoms in total. The number of esters is 1. The Hall–Kier alpha value is -1.32. The first-order valence-electron chi connectivity index (χ1n) is 4.76. The molecular weight excluding hydrogens is 190 g/mol.